The van der Waals surface area contributed by atoms with E-state index in [9.17, 15) is 9.18 Å². The number of rotatable bonds is 9. The fraction of sp³-hybridized carbons (Fsp3) is 0.391. The minimum atomic E-state index is -1.41. The number of hydrogen-bond donors (Lipinski definition) is 2. The van der Waals surface area contributed by atoms with Crippen LogP contribution >= 0.6 is 0 Å². The molecule has 8 nitrogen and oxygen atoms in total. The van der Waals surface area contributed by atoms with Crippen molar-refractivity contribution in [3.05, 3.63) is 47.9 Å². The highest BCUT2D eigenvalue weighted by Gasteiger charge is 2.34. The number of nitrogens with one attached hydrogen (secondary N) is 2. The molecule has 0 bridgehead atoms. The van der Waals surface area contributed by atoms with E-state index in [-0.39, 0.29) is 12.6 Å². The molecule has 1 atom stereocenters. The highest BCUT2D eigenvalue weighted by Crippen LogP contribution is 2.24. The Bertz CT molecular complexity index is 1270. The number of fused-ring (bicyclic) bond motifs is 1. The first kappa shape index (κ1) is 26.3. The number of ether oxygens (including phenoxy) is 1. The number of nitriles is 1. The molecule has 0 aliphatic heterocycles. The van der Waals surface area contributed by atoms with Crippen molar-refractivity contribution in [1.29, 1.82) is 5.26 Å². The molecule has 35 heavy (non-hydrogen) atoms. The fourth-order valence-corrected chi connectivity index (χ4v) is 3.83. The standard InChI is InChI=1S/C23H30B3FN6O2/c1-13(2)32-17-8-19(33-6-5-15-7-14(9-28)10-30-20(15)33)29-11-16(17)21(34)31-12-18(27)22(3,4)35-23(24,25)26/h5-8,10-11,13,18H,12,24-26H2,1-4H3,(H,29,32)(H,31,34). The van der Waals surface area contributed by atoms with Crippen LogP contribution in [0.3, 0.4) is 0 Å². The molecule has 1 amide bonds. The second-order valence-electron chi connectivity index (χ2n) is 10.3. The molecule has 3 rings (SSSR count). The summed E-state index contributed by atoms with van der Waals surface area (Å²) < 4.78 is 22.6. The molecule has 180 valence electrons. The van der Waals surface area contributed by atoms with Crippen LogP contribution in [0.1, 0.15) is 43.6 Å². The Morgan fingerprint density at radius 2 is 1.97 bits per heavy atom. The zero-order valence-corrected chi connectivity index (χ0v) is 21.3. The summed E-state index contributed by atoms with van der Waals surface area (Å²) in [6.45, 7) is 7.07. The third kappa shape index (κ3) is 6.43. The monoisotopic (exact) mass is 474 g/mol. The molecule has 3 heterocycles. The summed E-state index contributed by atoms with van der Waals surface area (Å²) in [6.07, 6.45) is 3.38. The molecule has 0 saturated heterocycles. The highest BCUT2D eigenvalue weighted by atomic mass is 19.1. The van der Waals surface area contributed by atoms with Crippen molar-refractivity contribution in [1.82, 2.24) is 19.9 Å². The Hall–Kier alpha value is -3.32. The molecule has 0 radical (unpaired) electrons. The van der Waals surface area contributed by atoms with Gasteiger partial charge in [-0.3, -0.25) is 9.36 Å². The Labute approximate surface area is 207 Å². The molecular weight excluding hydrogens is 444 g/mol. The predicted molar refractivity (Wildman–Crippen MR) is 143 cm³/mol. The van der Waals surface area contributed by atoms with Gasteiger partial charge in [-0.1, -0.05) is 0 Å². The van der Waals surface area contributed by atoms with E-state index in [2.05, 4.69) is 26.7 Å². The third-order valence-corrected chi connectivity index (χ3v) is 5.25. The maximum atomic E-state index is 14.9. The molecular formula is C23H30B3FN6O2. The lowest BCUT2D eigenvalue weighted by Crippen LogP contribution is -2.51. The molecule has 0 aromatic carbocycles. The Kier molecular flexibility index (Phi) is 7.60. The number of alkyl halides is 1. The quantitative estimate of drug-likeness (QED) is 0.438. The number of carbonyl (C=O) groups is 1. The van der Waals surface area contributed by atoms with Gasteiger partial charge in [-0.15, -0.1) is 0 Å². The lowest BCUT2D eigenvalue weighted by Gasteiger charge is -2.36. The lowest BCUT2D eigenvalue weighted by atomic mass is 9.52. The van der Waals surface area contributed by atoms with Crippen LogP contribution in [-0.4, -0.2) is 73.6 Å². The summed E-state index contributed by atoms with van der Waals surface area (Å²) in [7, 11) is 5.59. The maximum Gasteiger partial charge on any atom is 0.255 e. The minimum absolute atomic E-state index is 0.0440. The molecule has 12 heteroatoms. The highest BCUT2D eigenvalue weighted by molar-refractivity contribution is 6.58. The first-order valence-electron chi connectivity index (χ1n) is 11.6. The number of pyridine rings is 2. The van der Waals surface area contributed by atoms with E-state index in [1.807, 2.05) is 49.6 Å². The summed E-state index contributed by atoms with van der Waals surface area (Å²) in [5.41, 5.74) is 0.921. The third-order valence-electron chi connectivity index (χ3n) is 5.25. The van der Waals surface area contributed by atoms with Gasteiger partial charge in [0.25, 0.3) is 5.91 Å². The van der Waals surface area contributed by atoms with Gasteiger partial charge in [-0.05, 0) is 45.1 Å². The number of nitrogens with zero attached hydrogens (tertiary/aromatic N) is 4. The van der Waals surface area contributed by atoms with Crippen molar-refractivity contribution < 1.29 is 13.9 Å². The molecule has 3 aromatic heterocycles. The van der Waals surface area contributed by atoms with Crippen molar-refractivity contribution in [2.75, 3.05) is 11.9 Å². The number of halogens is 1. The van der Waals surface area contributed by atoms with Gasteiger partial charge in [-0.2, -0.15) is 5.26 Å². The smallest absolute Gasteiger partial charge is 0.255 e. The number of hydrogen-bond acceptors (Lipinski definition) is 6. The first-order chi connectivity index (χ1) is 16.3. The van der Waals surface area contributed by atoms with E-state index in [0.717, 1.165) is 5.39 Å². The first-order valence-corrected chi connectivity index (χ1v) is 11.6. The zero-order valence-electron chi connectivity index (χ0n) is 21.3. The van der Waals surface area contributed by atoms with Crippen molar-refractivity contribution >= 4 is 46.2 Å². The Morgan fingerprint density at radius 1 is 1.26 bits per heavy atom. The summed E-state index contributed by atoms with van der Waals surface area (Å²) in [5.74, 6) is 0.121. The Balaban J connectivity index is 1.85. The Morgan fingerprint density at radius 3 is 2.60 bits per heavy atom. The maximum absolute atomic E-state index is 14.9. The molecule has 0 saturated carbocycles. The van der Waals surface area contributed by atoms with E-state index in [0.29, 0.717) is 28.3 Å². The molecule has 0 aliphatic rings. The number of anilines is 1. The van der Waals surface area contributed by atoms with Gasteiger partial charge in [-0.25, -0.2) is 14.4 Å². The van der Waals surface area contributed by atoms with Gasteiger partial charge in [0, 0.05) is 36.1 Å². The summed E-state index contributed by atoms with van der Waals surface area (Å²) in [6, 6.07) is 7.49. The molecule has 3 aromatic rings. The van der Waals surface area contributed by atoms with E-state index in [1.165, 1.54) is 12.4 Å². The topological polar surface area (TPSA) is 105 Å². The van der Waals surface area contributed by atoms with Crippen LogP contribution in [0.15, 0.2) is 36.8 Å². The lowest BCUT2D eigenvalue weighted by molar-refractivity contribution is -0.0753. The second-order valence-corrected chi connectivity index (χ2v) is 10.3. The van der Waals surface area contributed by atoms with Gasteiger partial charge >= 0.3 is 0 Å². The van der Waals surface area contributed by atoms with Gasteiger partial charge < -0.3 is 15.4 Å². The van der Waals surface area contributed by atoms with Gasteiger partial charge in [0.15, 0.2) is 0 Å². The van der Waals surface area contributed by atoms with Crippen molar-refractivity contribution in [2.24, 2.45) is 0 Å². The van der Waals surface area contributed by atoms with E-state index < -0.39 is 23.0 Å². The fourth-order valence-electron chi connectivity index (χ4n) is 3.83. The van der Waals surface area contributed by atoms with Crippen molar-refractivity contribution in [2.45, 2.75) is 50.8 Å². The van der Waals surface area contributed by atoms with Crippen LogP contribution in [0.2, 0.25) is 0 Å². The second kappa shape index (κ2) is 10.1. The van der Waals surface area contributed by atoms with Gasteiger partial charge in [0.05, 0.1) is 29.0 Å². The average Bonchev–Trinajstić information content (AvgIpc) is 3.18. The molecule has 0 aliphatic carbocycles. The van der Waals surface area contributed by atoms with Crippen LogP contribution in [0.4, 0.5) is 10.1 Å². The molecule has 0 fully saturated rings. The van der Waals surface area contributed by atoms with Crippen LogP contribution in [0.25, 0.3) is 16.9 Å². The van der Waals surface area contributed by atoms with Crippen LogP contribution in [-0.2, 0) is 4.74 Å². The SMILES string of the molecule is BC(B)(B)OC(C)(C)C(F)CNC(=O)c1cnc(-n2ccc3cc(C#N)cnc32)cc1NC(C)C. The number of carbonyl (C=O) groups excluding carboxylic acids is 1. The molecule has 1 unspecified atom stereocenters. The summed E-state index contributed by atoms with van der Waals surface area (Å²) >= 11 is 0. The van der Waals surface area contributed by atoms with E-state index in [1.54, 1.807) is 30.5 Å². The van der Waals surface area contributed by atoms with E-state index in [4.69, 9.17) is 10.00 Å². The summed E-state index contributed by atoms with van der Waals surface area (Å²) in [5, 5.41) is 15.4. The molecule has 0 spiro atoms. The normalized spacial score (nSPS) is 12.9. The summed E-state index contributed by atoms with van der Waals surface area (Å²) in [4.78, 5) is 21.8. The predicted octanol–water partition coefficient (Wildman–Crippen LogP) is 0.486. The number of aromatic nitrogens is 3. The van der Waals surface area contributed by atoms with Crippen molar-refractivity contribution in [3.8, 4) is 11.9 Å². The van der Waals surface area contributed by atoms with Gasteiger partial charge in [0.2, 0.25) is 0 Å². The van der Waals surface area contributed by atoms with Crippen LogP contribution in [0.5, 0.6) is 0 Å². The van der Waals surface area contributed by atoms with Crippen molar-refractivity contribution in [3.63, 3.8) is 0 Å². The number of amides is 1. The minimum Gasteiger partial charge on any atom is -0.392 e. The van der Waals surface area contributed by atoms with Crippen LogP contribution in [0, 0.1) is 11.3 Å². The van der Waals surface area contributed by atoms with Gasteiger partial charge in [0.1, 0.15) is 47.2 Å². The van der Waals surface area contributed by atoms with E-state index >= 15 is 0 Å². The molecule has 2 N–H and O–H groups in total. The van der Waals surface area contributed by atoms with Crippen LogP contribution < -0.4 is 10.6 Å². The average molecular weight is 474 g/mol. The zero-order chi connectivity index (χ0) is 26.0. The largest absolute Gasteiger partial charge is 0.392 e.